The van der Waals surface area contributed by atoms with Crippen LogP contribution in [-0.2, 0) is 6.54 Å². The molecule has 1 aromatic carbocycles. The number of thioether (sulfide) groups is 1. The van der Waals surface area contributed by atoms with Gasteiger partial charge in [-0.05, 0) is 18.9 Å². The summed E-state index contributed by atoms with van der Waals surface area (Å²) in [6.07, 6.45) is 5.12. The maximum Gasteiger partial charge on any atom is 0.157 e. The second-order valence-corrected chi connectivity index (χ2v) is 6.08. The summed E-state index contributed by atoms with van der Waals surface area (Å²) in [5.74, 6) is 0.948. The summed E-state index contributed by atoms with van der Waals surface area (Å²) >= 11 is 1.78. The first-order valence-electron chi connectivity index (χ1n) is 6.46. The normalized spacial score (nSPS) is 23.7. The molecule has 0 bridgehead atoms. The van der Waals surface area contributed by atoms with E-state index in [4.69, 9.17) is 0 Å². The number of hydrogen-bond acceptors (Lipinski definition) is 2. The van der Waals surface area contributed by atoms with Gasteiger partial charge in [0.25, 0.3) is 0 Å². The highest BCUT2D eigenvalue weighted by Crippen LogP contribution is 2.37. The summed E-state index contributed by atoms with van der Waals surface area (Å²) in [6.45, 7) is 0.429. The lowest BCUT2D eigenvalue weighted by atomic mass is 10.0. The molecule has 3 rings (SSSR count). The maximum absolute atomic E-state index is 13.5. The molecule has 2 nitrogen and oxygen atoms in total. The zero-order chi connectivity index (χ0) is 12.4. The van der Waals surface area contributed by atoms with Gasteiger partial charge in [-0.15, -0.1) is 0 Å². The van der Waals surface area contributed by atoms with Crippen LogP contribution in [-0.4, -0.2) is 16.5 Å². The van der Waals surface area contributed by atoms with Gasteiger partial charge in [0.15, 0.2) is 5.17 Å². The first-order valence-corrected chi connectivity index (χ1v) is 7.45. The Hall–Kier alpha value is -1.03. The monoisotopic (exact) mass is 264 g/mol. The molecule has 18 heavy (non-hydrogen) atoms. The summed E-state index contributed by atoms with van der Waals surface area (Å²) in [5, 5.41) is 4.53. The van der Waals surface area contributed by atoms with Gasteiger partial charge in [0.1, 0.15) is 5.82 Å². The van der Waals surface area contributed by atoms with E-state index in [1.165, 1.54) is 31.7 Å². The number of aliphatic imine (C=N–C) groups is 1. The third-order valence-electron chi connectivity index (χ3n) is 3.77. The molecule has 0 amide bonds. The molecule has 0 unspecified atom stereocenters. The molecule has 96 valence electrons. The topological polar surface area (TPSA) is 24.4 Å². The quantitative estimate of drug-likeness (QED) is 0.886. The van der Waals surface area contributed by atoms with Crippen molar-refractivity contribution in [1.82, 2.24) is 5.32 Å². The second kappa shape index (κ2) is 4.92. The predicted molar refractivity (Wildman–Crippen MR) is 74.3 cm³/mol. The fourth-order valence-corrected chi connectivity index (χ4v) is 3.91. The summed E-state index contributed by atoms with van der Waals surface area (Å²) in [7, 11) is 0. The Bertz CT molecular complexity index is 467. The molecule has 1 aliphatic carbocycles. The van der Waals surface area contributed by atoms with Gasteiger partial charge >= 0.3 is 0 Å². The lowest BCUT2D eigenvalue weighted by Gasteiger charge is -2.21. The smallest absolute Gasteiger partial charge is 0.157 e. The van der Waals surface area contributed by atoms with E-state index in [1.54, 1.807) is 23.9 Å². The Morgan fingerprint density at radius 1 is 1.28 bits per heavy atom. The van der Waals surface area contributed by atoms with Crippen molar-refractivity contribution >= 4 is 16.9 Å². The van der Waals surface area contributed by atoms with Crippen molar-refractivity contribution < 1.29 is 4.39 Å². The summed E-state index contributed by atoms with van der Waals surface area (Å²) in [6, 6.07) is 6.85. The number of benzene rings is 1. The summed E-state index contributed by atoms with van der Waals surface area (Å²) < 4.78 is 13.5. The van der Waals surface area contributed by atoms with Gasteiger partial charge in [-0.25, -0.2) is 4.39 Å². The average Bonchev–Trinajstić information content (AvgIpc) is 3.00. The summed E-state index contributed by atoms with van der Waals surface area (Å²) in [5.41, 5.74) is 0.957. The number of halogens is 1. The largest absolute Gasteiger partial charge is 0.359 e. The van der Waals surface area contributed by atoms with Crippen molar-refractivity contribution in [3.8, 4) is 0 Å². The van der Waals surface area contributed by atoms with E-state index in [0.717, 1.165) is 10.9 Å². The van der Waals surface area contributed by atoms with Crippen LogP contribution >= 0.6 is 11.8 Å². The molecule has 0 atom stereocenters. The van der Waals surface area contributed by atoms with E-state index >= 15 is 0 Å². The van der Waals surface area contributed by atoms with Crippen molar-refractivity contribution in [2.24, 2.45) is 4.99 Å². The zero-order valence-corrected chi connectivity index (χ0v) is 11.1. The first kappa shape index (κ1) is 12.0. The van der Waals surface area contributed by atoms with Gasteiger partial charge in [-0.2, -0.15) is 0 Å². The minimum Gasteiger partial charge on any atom is -0.359 e. The fourth-order valence-electron chi connectivity index (χ4n) is 2.70. The predicted octanol–water partition coefficient (Wildman–Crippen LogP) is 3.33. The first-order chi connectivity index (χ1) is 8.77. The van der Waals surface area contributed by atoms with Gasteiger partial charge in [-0.3, -0.25) is 4.99 Å². The number of rotatable bonds is 2. The van der Waals surface area contributed by atoms with E-state index in [2.05, 4.69) is 10.3 Å². The van der Waals surface area contributed by atoms with Crippen LogP contribution in [0.15, 0.2) is 29.3 Å². The second-order valence-electron chi connectivity index (χ2n) is 5.11. The van der Waals surface area contributed by atoms with Crippen molar-refractivity contribution in [1.29, 1.82) is 0 Å². The molecule has 1 spiro atoms. The van der Waals surface area contributed by atoms with Crippen LogP contribution < -0.4 is 5.32 Å². The molecule has 4 heteroatoms. The van der Waals surface area contributed by atoms with Crippen LogP contribution in [0.1, 0.15) is 31.2 Å². The van der Waals surface area contributed by atoms with E-state index in [0.29, 0.717) is 17.6 Å². The molecule has 0 radical (unpaired) electrons. The van der Waals surface area contributed by atoms with Crippen LogP contribution in [0.2, 0.25) is 0 Å². The van der Waals surface area contributed by atoms with Crippen LogP contribution in [0.25, 0.3) is 0 Å². The average molecular weight is 264 g/mol. The highest BCUT2D eigenvalue weighted by atomic mass is 32.2. The fraction of sp³-hybridized carbons (Fsp3) is 0.500. The number of hydrogen-bond donors (Lipinski definition) is 1. The van der Waals surface area contributed by atoms with Gasteiger partial charge in [-0.1, -0.05) is 42.8 Å². The van der Waals surface area contributed by atoms with Crippen molar-refractivity contribution in [2.45, 2.75) is 37.8 Å². The van der Waals surface area contributed by atoms with Crippen molar-refractivity contribution in [3.05, 3.63) is 35.6 Å². The molecule has 1 aliphatic heterocycles. The minimum atomic E-state index is -0.166. The Balaban J connectivity index is 1.66. The van der Waals surface area contributed by atoms with Gasteiger partial charge < -0.3 is 5.32 Å². The van der Waals surface area contributed by atoms with E-state index in [-0.39, 0.29) is 5.82 Å². The van der Waals surface area contributed by atoms with Crippen molar-refractivity contribution in [2.75, 3.05) is 5.75 Å². The molecule has 1 heterocycles. The van der Waals surface area contributed by atoms with E-state index < -0.39 is 0 Å². The van der Waals surface area contributed by atoms with Gasteiger partial charge in [0.05, 0.1) is 6.54 Å². The Morgan fingerprint density at radius 3 is 2.83 bits per heavy atom. The number of nitrogens with zero attached hydrogens (tertiary/aromatic N) is 1. The van der Waals surface area contributed by atoms with E-state index in [1.807, 2.05) is 6.07 Å². The SMILES string of the molecule is Fc1ccccc1CN=C1NC2(CCCC2)CS1. The Morgan fingerprint density at radius 2 is 2.06 bits per heavy atom. The highest BCUT2D eigenvalue weighted by molar-refractivity contribution is 8.14. The standard InChI is InChI=1S/C14H17FN2S/c15-12-6-2-1-5-11(12)9-16-13-17-14(10-18-13)7-3-4-8-14/h1-2,5-6H,3-4,7-10H2,(H,16,17). The molecule has 0 aromatic heterocycles. The Kier molecular flexibility index (Phi) is 3.29. The minimum absolute atomic E-state index is 0.166. The van der Waals surface area contributed by atoms with E-state index in [9.17, 15) is 4.39 Å². The molecule has 1 saturated carbocycles. The van der Waals surface area contributed by atoms with Gasteiger partial charge in [0, 0.05) is 16.9 Å². The molecule has 1 N–H and O–H groups in total. The van der Waals surface area contributed by atoms with Crippen LogP contribution in [0, 0.1) is 5.82 Å². The highest BCUT2D eigenvalue weighted by Gasteiger charge is 2.39. The molecule has 1 aromatic rings. The third kappa shape index (κ3) is 2.39. The molecule has 2 aliphatic rings. The molecular weight excluding hydrogens is 247 g/mol. The number of amidine groups is 1. The van der Waals surface area contributed by atoms with Crippen LogP contribution in [0.4, 0.5) is 4.39 Å². The molecular formula is C14H17FN2S. The molecule has 1 saturated heterocycles. The van der Waals surface area contributed by atoms with Crippen molar-refractivity contribution in [3.63, 3.8) is 0 Å². The third-order valence-corrected chi connectivity index (χ3v) is 4.97. The lowest BCUT2D eigenvalue weighted by Crippen LogP contribution is -2.40. The summed E-state index contributed by atoms with van der Waals surface area (Å²) in [4.78, 5) is 4.50. The van der Waals surface area contributed by atoms with Crippen LogP contribution in [0.3, 0.4) is 0 Å². The number of nitrogens with one attached hydrogen (secondary N) is 1. The Labute approximate surface area is 111 Å². The molecule has 2 fully saturated rings. The van der Waals surface area contributed by atoms with Crippen LogP contribution in [0.5, 0.6) is 0 Å². The van der Waals surface area contributed by atoms with Gasteiger partial charge in [0.2, 0.25) is 0 Å². The lowest BCUT2D eigenvalue weighted by molar-refractivity contribution is 0.452. The maximum atomic E-state index is 13.5. The zero-order valence-electron chi connectivity index (χ0n) is 10.3.